The van der Waals surface area contributed by atoms with Crippen LogP contribution in [0, 0.1) is 0 Å². The van der Waals surface area contributed by atoms with Gasteiger partial charge in [-0.25, -0.2) is 9.97 Å². The highest BCUT2D eigenvalue weighted by Crippen LogP contribution is 2.36. The average molecular weight is 343 g/mol. The molecule has 0 spiro atoms. The van der Waals surface area contributed by atoms with Crippen molar-refractivity contribution in [1.29, 1.82) is 0 Å². The monoisotopic (exact) mass is 343 g/mol. The fourth-order valence-corrected chi connectivity index (χ4v) is 3.41. The van der Waals surface area contributed by atoms with E-state index in [2.05, 4.69) is 30.4 Å². The number of nitrogens with zero attached hydrogens (tertiary/aromatic N) is 6. The van der Waals surface area contributed by atoms with E-state index in [0.717, 1.165) is 37.3 Å². The second kappa shape index (κ2) is 6.75. The van der Waals surface area contributed by atoms with Crippen LogP contribution in [0.3, 0.4) is 0 Å². The summed E-state index contributed by atoms with van der Waals surface area (Å²) in [6.45, 7) is 1.59. The zero-order valence-electron chi connectivity index (χ0n) is 13.8. The van der Waals surface area contributed by atoms with E-state index in [0.29, 0.717) is 12.5 Å². The SMILES string of the molecule is O=C(Cn1nccn1)NC1CC(c2cc(N3CCC(O)C3)ncn2)C1. The predicted molar refractivity (Wildman–Crippen MR) is 88.8 cm³/mol. The van der Waals surface area contributed by atoms with Crippen LogP contribution in [0.5, 0.6) is 0 Å². The number of aliphatic hydroxyl groups excluding tert-OH is 1. The molecule has 1 saturated carbocycles. The van der Waals surface area contributed by atoms with Gasteiger partial charge in [0, 0.05) is 36.8 Å². The summed E-state index contributed by atoms with van der Waals surface area (Å²) in [5.41, 5.74) is 1.01. The van der Waals surface area contributed by atoms with Gasteiger partial charge in [0.15, 0.2) is 0 Å². The summed E-state index contributed by atoms with van der Waals surface area (Å²) in [7, 11) is 0. The first-order valence-electron chi connectivity index (χ1n) is 8.56. The molecular formula is C16H21N7O2. The van der Waals surface area contributed by atoms with E-state index in [1.807, 2.05) is 6.07 Å². The van der Waals surface area contributed by atoms with E-state index in [9.17, 15) is 9.90 Å². The Balaban J connectivity index is 1.29. The fourth-order valence-electron chi connectivity index (χ4n) is 3.41. The van der Waals surface area contributed by atoms with Crippen molar-refractivity contribution in [2.45, 2.75) is 43.9 Å². The maximum Gasteiger partial charge on any atom is 0.243 e. The number of anilines is 1. The quantitative estimate of drug-likeness (QED) is 0.767. The molecular weight excluding hydrogens is 322 g/mol. The molecule has 4 rings (SSSR count). The molecule has 2 aromatic rings. The van der Waals surface area contributed by atoms with Crippen LogP contribution in [0.4, 0.5) is 5.82 Å². The van der Waals surface area contributed by atoms with Crippen molar-refractivity contribution in [3.05, 3.63) is 30.5 Å². The molecule has 2 aliphatic rings. The van der Waals surface area contributed by atoms with Crippen molar-refractivity contribution < 1.29 is 9.90 Å². The summed E-state index contributed by atoms with van der Waals surface area (Å²) in [6.07, 6.45) is 6.95. The van der Waals surface area contributed by atoms with Crippen LogP contribution < -0.4 is 10.2 Å². The minimum atomic E-state index is -0.272. The molecule has 1 saturated heterocycles. The van der Waals surface area contributed by atoms with Crippen molar-refractivity contribution >= 4 is 11.7 Å². The van der Waals surface area contributed by atoms with Gasteiger partial charge < -0.3 is 15.3 Å². The highest BCUT2D eigenvalue weighted by Gasteiger charge is 2.33. The maximum absolute atomic E-state index is 11.9. The molecule has 1 atom stereocenters. The predicted octanol–water partition coefficient (Wildman–Crippen LogP) is -0.298. The lowest BCUT2D eigenvalue weighted by atomic mass is 9.78. The molecule has 0 radical (unpaired) electrons. The van der Waals surface area contributed by atoms with Gasteiger partial charge in [0.25, 0.3) is 0 Å². The second-order valence-corrected chi connectivity index (χ2v) is 6.68. The van der Waals surface area contributed by atoms with Crippen LogP contribution in [-0.4, -0.2) is 61.2 Å². The van der Waals surface area contributed by atoms with Gasteiger partial charge in [0.05, 0.1) is 18.5 Å². The lowest BCUT2D eigenvalue weighted by Gasteiger charge is -2.35. The summed E-state index contributed by atoms with van der Waals surface area (Å²) in [5, 5.41) is 20.5. The third-order valence-corrected chi connectivity index (χ3v) is 4.83. The van der Waals surface area contributed by atoms with E-state index in [1.165, 1.54) is 4.80 Å². The van der Waals surface area contributed by atoms with Gasteiger partial charge in [-0.15, -0.1) is 0 Å². The van der Waals surface area contributed by atoms with Gasteiger partial charge in [-0.1, -0.05) is 0 Å². The van der Waals surface area contributed by atoms with Crippen molar-refractivity contribution in [1.82, 2.24) is 30.3 Å². The Bertz CT molecular complexity index is 730. The normalized spacial score (nSPS) is 25.6. The third-order valence-electron chi connectivity index (χ3n) is 4.83. The Morgan fingerprint density at radius 3 is 2.80 bits per heavy atom. The van der Waals surface area contributed by atoms with Gasteiger partial charge in [0.2, 0.25) is 5.91 Å². The Kier molecular flexibility index (Phi) is 4.31. The lowest BCUT2D eigenvalue weighted by molar-refractivity contribution is -0.123. The first kappa shape index (κ1) is 15.9. The number of rotatable bonds is 5. The summed E-state index contributed by atoms with van der Waals surface area (Å²) in [6, 6.07) is 2.18. The first-order chi connectivity index (χ1) is 12.2. The Hall–Kier alpha value is -2.55. The number of nitrogens with one attached hydrogen (secondary N) is 1. The molecule has 1 aliphatic heterocycles. The number of carbonyl (C=O) groups excluding carboxylic acids is 1. The van der Waals surface area contributed by atoms with E-state index in [4.69, 9.17) is 0 Å². The Labute approximate surface area is 145 Å². The summed E-state index contributed by atoms with van der Waals surface area (Å²) < 4.78 is 0. The van der Waals surface area contributed by atoms with Crippen molar-refractivity contribution in [3.63, 3.8) is 0 Å². The van der Waals surface area contributed by atoms with Gasteiger partial charge in [-0.2, -0.15) is 15.0 Å². The molecule has 2 N–H and O–H groups in total. The smallest absolute Gasteiger partial charge is 0.243 e. The Morgan fingerprint density at radius 2 is 2.08 bits per heavy atom. The van der Waals surface area contributed by atoms with Crippen molar-refractivity contribution in [3.8, 4) is 0 Å². The number of hydrogen-bond donors (Lipinski definition) is 2. The molecule has 132 valence electrons. The summed E-state index contributed by atoms with van der Waals surface area (Å²) in [5.74, 6) is 1.13. The number of β-amino-alcohol motifs (C(OH)–C–C–N with tert-alkyl or cyclic N) is 1. The van der Waals surface area contributed by atoms with Gasteiger partial charge in [0.1, 0.15) is 18.7 Å². The van der Waals surface area contributed by atoms with E-state index in [-0.39, 0.29) is 24.6 Å². The summed E-state index contributed by atoms with van der Waals surface area (Å²) >= 11 is 0. The highest BCUT2D eigenvalue weighted by atomic mass is 16.3. The topological polar surface area (TPSA) is 109 Å². The largest absolute Gasteiger partial charge is 0.391 e. The fraction of sp³-hybridized carbons (Fsp3) is 0.562. The van der Waals surface area contributed by atoms with Crippen LogP contribution in [0.15, 0.2) is 24.8 Å². The molecule has 1 amide bonds. The zero-order valence-corrected chi connectivity index (χ0v) is 13.8. The lowest BCUT2D eigenvalue weighted by Crippen LogP contribution is -2.45. The molecule has 3 heterocycles. The van der Waals surface area contributed by atoms with Gasteiger partial charge >= 0.3 is 0 Å². The van der Waals surface area contributed by atoms with Crippen LogP contribution in [0.25, 0.3) is 0 Å². The molecule has 9 heteroatoms. The number of carbonyl (C=O) groups is 1. The standard InChI is InChI=1S/C16H21N7O2/c24-13-1-4-22(8-13)15-7-14(17-10-18-15)11-5-12(6-11)21-16(25)9-23-19-2-3-20-23/h2-3,7,10-13,24H,1,4-6,8-9H2,(H,21,25). The molecule has 0 aromatic carbocycles. The van der Waals surface area contributed by atoms with Crippen molar-refractivity contribution in [2.24, 2.45) is 0 Å². The highest BCUT2D eigenvalue weighted by molar-refractivity contribution is 5.76. The number of aliphatic hydroxyl groups is 1. The molecule has 0 bridgehead atoms. The summed E-state index contributed by atoms with van der Waals surface area (Å²) in [4.78, 5) is 24.1. The van der Waals surface area contributed by atoms with Gasteiger partial charge in [-0.05, 0) is 19.3 Å². The minimum absolute atomic E-state index is 0.0749. The molecule has 2 aromatic heterocycles. The minimum Gasteiger partial charge on any atom is -0.391 e. The maximum atomic E-state index is 11.9. The molecule has 25 heavy (non-hydrogen) atoms. The number of aromatic nitrogens is 5. The molecule has 1 aliphatic carbocycles. The van der Waals surface area contributed by atoms with Crippen LogP contribution >= 0.6 is 0 Å². The first-order valence-corrected chi connectivity index (χ1v) is 8.56. The molecule has 9 nitrogen and oxygen atoms in total. The van der Waals surface area contributed by atoms with Crippen LogP contribution in [-0.2, 0) is 11.3 Å². The number of hydrogen-bond acceptors (Lipinski definition) is 7. The van der Waals surface area contributed by atoms with Gasteiger partial charge in [-0.3, -0.25) is 4.79 Å². The third kappa shape index (κ3) is 3.60. The number of amides is 1. The molecule has 2 fully saturated rings. The van der Waals surface area contributed by atoms with Crippen molar-refractivity contribution in [2.75, 3.05) is 18.0 Å². The average Bonchev–Trinajstić information content (AvgIpc) is 3.22. The Morgan fingerprint density at radius 1 is 1.28 bits per heavy atom. The van der Waals surface area contributed by atoms with E-state index in [1.54, 1.807) is 18.7 Å². The second-order valence-electron chi connectivity index (χ2n) is 6.68. The van der Waals surface area contributed by atoms with E-state index < -0.39 is 0 Å². The van der Waals surface area contributed by atoms with Crippen LogP contribution in [0.1, 0.15) is 30.9 Å². The van der Waals surface area contributed by atoms with E-state index >= 15 is 0 Å². The zero-order chi connectivity index (χ0) is 17.2. The van der Waals surface area contributed by atoms with Crippen LogP contribution in [0.2, 0.25) is 0 Å². The molecule has 1 unspecified atom stereocenters.